The van der Waals surface area contributed by atoms with Crippen molar-refractivity contribution < 1.29 is 4.74 Å². The third kappa shape index (κ3) is 4.27. The van der Waals surface area contributed by atoms with E-state index in [0.29, 0.717) is 6.04 Å². The number of ether oxygens (including phenoxy) is 1. The molecular formula is C15H22ClNO. The van der Waals surface area contributed by atoms with Crippen LogP contribution in [0.3, 0.4) is 0 Å². The zero-order chi connectivity index (χ0) is 12.8. The molecule has 18 heavy (non-hydrogen) atoms. The molecule has 3 heteroatoms. The molecule has 0 saturated carbocycles. The van der Waals surface area contributed by atoms with Crippen molar-refractivity contribution >= 4 is 11.6 Å². The molecule has 0 spiro atoms. The molecule has 0 aliphatic carbocycles. The lowest BCUT2D eigenvalue weighted by Gasteiger charge is -2.21. The van der Waals surface area contributed by atoms with E-state index in [4.69, 9.17) is 16.3 Å². The normalized spacial score (nSPS) is 21.1. The summed E-state index contributed by atoms with van der Waals surface area (Å²) in [6, 6.07) is 8.73. The Morgan fingerprint density at radius 3 is 2.78 bits per heavy atom. The van der Waals surface area contributed by atoms with Gasteiger partial charge in [0.2, 0.25) is 0 Å². The molecule has 0 radical (unpaired) electrons. The predicted octanol–water partition coefficient (Wildman–Crippen LogP) is 3.29. The number of likely N-dealkylation sites (N-methyl/N-ethyl adjacent to an activating group) is 1. The average Bonchev–Trinajstić information content (AvgIpc) is 2.85. The highest BCUT2D eigenvalue weighted by molar-refractivity contribution is 6.30. The van der Waals surface area contributed by atoms with Gasteiger partial charge in [-0.05, 0) is 49.4 Å². The second-order valence-corrected chi connectivity index (χ2v) is 5.49. The van der Waals surface area contributed by atoms with Crippen LogP contribution in [0.15, 0.2) is 24.3 Å². The van der Waals surface area contributed by atoms with E-state index in [0.717, 1.165) is 37.1 Å². The van der Waals surface area contributed by atoms with Crippen molar-refractivity contribution in [1.82, 2.24) is 5.32 Å². The quantitative estimate of drug-likeness (QED) is 0.854. The fraction of sp³-hybridized carbons (Fsp3) is 0.600. The van der Waals surface area contributed by atoms with Crippen LogP contribution in [-0.4, -0.2) is 25.8 Å². The van der Waals surface area contributed by atoms with Crippen molar-refractivity contribution in [1.29, 1.82) is 0 Å². The number of hydrogen-bond acceptors (Lipinski definition) is 2. The smallest absolute Gasteiger partial charge is 0.0495 e. The highest BCUT2D eigenvalue weighted by Crippen LogP contribution is 2.20. The first-order chi connectivity index (χ1) is 8.78. The fourth-order valence-corrected chi connectivity index (χ4v) is 2.73. The molecule has 0 bridgehead atoms. The summed E-state index contributed by atoms with van der Waals surface area (Å²) in [5, 5.41) is 4.39. The molecule has 0 amide bonds. The summed E-state index contributed by atoms with van der Waals surface area (Å²) in [7, 11) is 0. The van der Waals surface area contributed by atoms with Gasteiger partial charge in [0.1, 0.15) is 0 Å². The number of hydrogen-bond donors (Lipinski definition) is 1. The van der Waals surface area contributed by atoms with Gasteiger partial charge in [-0.25, -0.2) is 0 Å². The SMILES string of the molecule is CCNC(Cc1ccc(Cl)cc1)CC1CCOC1. The van der Waals surface area contributed by atoms with Crippen molar-refractivity contribution in [2.45, 2.75) is 32.2 Å². The van der Waals surface area contributed by atoms with E-state index >= 15 is 0 Å². The summed E-state index contributed by atoms with van der Waals surface area (Å²) in [6.45, 7) is 5.05. The van der Waals surface area contributed by atoms with Crippen molar-refractivity contribution in [3.8, 4) is 0 Å². The van der Waals surface area contributed by atoms with Gasteiger partial charge in [0.05, 0.1) is 0 Å². The number of nitrogens with one attached hydrogen (secondary N) is 1. The van der Waals surface area contributed by atoms with Crippen molar-refractivity contribution in [2.75, 3.05) is 19.8 Å². The molecule has 100 valence electrons. The van der Waals surface area contributed by atoms with E-state index in [1.807, 2.05) is 12.1 Å². The third-order valence-electron chi connectivity index (χ3n) is 3.53. The van der Waals surface area contributed by atoms with Crippen molar-refractivity contribution in [3.05, 3.63) is 34.9 Å². The molecule has 1 saturated heterocycles. The molecule has 1 heterocycles. The van der Waals surface area contributed by atoms with Crippen LogP contribution < -0.4 is 5.32 Å². The molecular weight excluding hydrogens is 246 g/mol. The zero-order valence-corrected chi connectivity index (χ0v) is 11.7. The van der Waals surface area contributed by atoms with E-state index in [2.05, 4.69) is 24.4 Å². The summed E-state index contributed by atoms with van der Waals surface area (Å²) < 4.78 is 5.46. The van der Waals surface area contributed by atoms with Crippen LogP contribution in [0.5, 0.6) is 0 Å². The van der Waals surface area contributed by atoms with Crippen molar-refractivity contribution in [2.24, 2.45) is 5.92 Å². The lowest BCUT2D eigenvalue weighted by molar-refractivity contribution is 0.181. The van der Waals surface area contributed by atoms with Gasteiger partial charge in [0.15, 0.2) is 0 Å². The first kappa shape index (κ1) is 13.9. The first-order valence-electron chi connectivity index (χ1n) is 6.83. The molecule has 2 unspecified atom stereocenters. The van der Waals surface area contributed by atoms with Crippen LogP contribution in [0.25, 0.3) is 0 Å². The maximum Gasteiger partial charge on any atom is 0.0495 e. The molecule has 1 fully saturated rings. The van der Waals surface area contributed by atoms with Gasteiger partial charge < -0.3 is 10.1 Å². The Bertz CT molecular complexity index is 346. The Labute approximate surface area is 115 Å². The minimum atomic E-state index is 0.544. The van der Waals surface area contributed by atoms with E-state index in [1.165, 1.54) is 18.4 Å². The maximum atomic E-state index is 5.91. The van der Waals surface area contributed by atoms with Gasteiger partial charge in [0, 0.05) is 24.3 Å². The van der Waals surface area contributed by atoms with Crippen molar-refractivity contribution in [3.63, 3.8) is 0 Å². The minimum absolute atomic E-state index is 0.544. The molecule has 1 aliphatic rings. The molecule has 2 rings (SSSR count). The predicted molar refractivity (Wildman–Crippen MR) is 76.2 cm³/mol. The lowest BCUT2D eigenvalue weighted by atomic mass is 9.94. The van der Waals surface area contributed by atoms with Gasteiger partial charge in [-0.2, -0.15) is 0 Å². The number of benzene rings is 1. The van der Waals surface area contributed by atoms with Gasteiger partial charge in [-0.3, -0.25) is 0 Å². The van der Waals surface area contributed by atoms with Gasteiger partial charge >= 0.3 is 0 Å². The molecule has 0 aromatic heterocycles. The third-order valence-corrected chi connectivity index (χ3v) is 3.78. The van der Waals surface area contributed by atoms with E-state index in [9.17, 15) is 0 Å². The Morgan fingerprint density at radius 2 is 2.17 bits per heavy atom. The molecule has 1 aliphatic heterocycles. The second-order valence-electron chi connectivity index (χ2n) is 5.05. The highest BCUT2D eigenvalue weighted by atomic mass is 35.5. The van der Waals surface area contributed by atoms with E-state index in [1.54, 1.807) is 0 Å². The van der Waals surface area contributed by atoms with E-state index < -0.39 is 0 Å². The molecule has 1 N–H and O–H groups in total. The van der Waals surface area contributed by atoms with Gasteiger partial charge in [-0.1, -0.05) is 30.7 Å². The molecule has 2 atom stereocenters. The summed E-state index contributed by atoms with van der Waals surface area (Å²) in [5.41, 5.74) is 1.35. The maximum absolute atomic E-state index is 5.91. The molecule has 1 aromatic rings. The Balaban J connectivity index is 1.90. The minimum Gasteiger partial charge on any atom is -0.381 e. The Kier molecular flexibility index (Phi) is 5.48. The molecule has 1 aromatic carbocycles. The highest BCUT2D eigenvalue weighted by Gasteiger charge is 2.20. The summed E-state index contributed by atoms with van der Waals surface area (Å²) in [4.78, 5) is 0. The van der Waals surface area contributed by atoms with Gasteiger partial charge in [-0.15, -0.1) is 0 Å². The lowest BCUT2D eigenvalue weighted by Crippen LogP contribution is -2.33. The van der Waals surface area contributed by atoms with Crippen LogP contribution in [0.4, 0.5) is 0 Å². The van der Waals surface area contributed by atoms with Crippen LogP contribution in [0.1, 0.15) is 25.3 Å². The van der Waals surface area contributed by atoms with E-state index in [-0.39, 0.29) is 0 Å². The summed E-state index contributed by atoms with van der Waals surface area (Å²) in [6.07, 6.45) is 3.49. The number of rotatable bonds is 6. The topological polar surface area (TPSA) is 21.3 Å². The Morgan fingerprint density at radius 1 is 1.39 bits per heavy atom. The molecule has 2 nitrogen and oxygen atoms in total. The fourth-order valence-electron chi connectivity index (χ4n) is 2.60. The van der Waals surface area contributed by atoms with Crippen LogP contribution in [0.2, 0.25) is 5.02 Å². The first-order valence-corrected chi connectivity index (χ1v) is 7.21. The largest absolute Gasteiger partial charge is 0.381 e. The van der Waals surface area contributed by atoms with Crippen LogP contribution in [-0.2, 0) is 11.2 Å². The zero-order valence-electron chi connectivity index (χ0n) is 11.0. The Hall–Kier alpha value is -0.570. The average molecular weight is 268 g/mol. The van der Waals surface area contributed by atoms with Gasteiger partial charge in [0.25, 0.3) is 0 Å². The second kappa shape index (κ2) is 7.13. The standard InChI is InChI=1S/C15H22ClNO/c1-2-17-15(10-13-7-8-18-11-13)9-12-3-5-14(16)6-4-12/h3-6,13,15,17H,2,7-11H2,1H3. The monoisotopic (exact) mass is 267 g/mol. The summed E-state index contributed by atoms with van der Waals surface area (Å²) >= 11 is 5.91. The number of halogens is 1. The van der Waals surface area contributed by atoms with Crippen LogP contribution >= 0.6 is 11.6 Å². The summed E-state index contributed by atoms with van der Waals surface area (Å²) in [5.74, 6) is 0.723. The van der Waals surface area contributed by atoms with Crippen LogP contribution in [0, 0.1) is 5.92 Å².